The molecule has 1 saturated carbocycles. The van der Waals surface area contributed by atoms with Gasteiger partial charge in [0.15, 0.2) is 5.76 Å². The molecule has 1 amide bonds. The number of hydrogen-bond acceptors (Lipinski definition) is 4. The first-order chi connectivity index (χ1) is 10.7. The molecule has 7 nitrogen and oxygen atoms in total. The van der Waals surface area contributed by atoms with Crippen LogP contribution in [0.1, 0.15) is 31.7 Å². The minimum Gasteiger partial charge on any atom is -0.461 e. The number of hydrogen-bond donors (Lipinski definition) is 0. The van der Waals surface area contributed by atoms with Crippen molar-refractivity contribution >= 4 is 5.91 Å². The quantitative estimate of drug-likeness (QED) is 0.852. The number of aromatic nitrogens is 3. The van der Waals surface area contributed by atoms with Crippen molar-refractivity contribution in [1.82, 2.24) is 19.2 Å². The van der Waals surface area contributed by atoms with Crippen molar-refractivity contribution in [3.8, 4) is 11.6 Å². The number of nitrogens with zero attached hydrogens (tertiary/aromatic N) is 4. The fourth-order valence-corrected chi connectivity index (χ4v) is 2.95. The lowest BCUT2D eigenvalue weighted by atomic mass is 10.4. The van der Waals surface area contributed by atoms with Crippen LogP contribution in [0.5, 0.6) is 0 Å². The van der Waals surface area contributed by atoms with Gasteiger partial charge in [-0.2, -0.15) is 0 Å². The van der Waals surface area contributed by atoms with Crippen LogP contribution in [-0.4, -0.2) is 38.2 Å². The van der Waals surface area contributed by atoms with E-state index in [4.69, 9.17) is 4.42 Å². The lowest BCUT2D eigenvalue weighted by molar-refractivity contribution is -0.131. The summed E-state index contributed by atoms with van der Waals surface area (Å²) in [5, 5.41) is 4.35. The molecular formula is C15H18N4O3. The maximum Gasteiger partial charge on any atom is 0.347 e. The van der Waals surface area contributed by atoms with E-state index < -0.39 is 0 Å². The van der Waals surface area contributed by atoms with E-state index in [1.54, 1.807) is 27.9 Å². The van der Waals surface area contributed by atoms with E-state index in [-0.39, 0.29) is 24.2 Å². The fraction of sp³-hybridized carbons (Fsp3) is 0.533. The van der Waals surface area contributed by atoms with Gasteiger partial charge in [0, 0.05) is 19.1 Å². The van der Waals surface area contributed by atoms with E-state index >= 15 is 0 Å². The molecule has 1 aliphatic heterocycles. The van der Waals surface area contributed by atoms with Crippen molar-refractivity contribution in [2.24, 2.45) is 0 Å². The first kappa shape index (κ1) is 13.4. The molecule has 2 aromatic heterocycles. The Balaban J connectivity index is 1.66. The lowest BCUT2D eigenvalue weighted by Crippen LogP contribution is -2.35. The zero-order chi connectivity index (χ0) is 15.1. The van der Waals surface area contributed by atoms with E-state index in [2.05, 4.69) is 5.10 Å². The molecule has 0 N–H and O–H groups in total. The molecule has 0 bridgehead atoms. The van der Waals surface area contributed by atoms with Gasteiger partial charge >= 0.3 is 5.69 Å². The maximum absolute atomic E-state index is 12.6. The van der Waals surface area contributed by atoms with Crippen LogP contribution in [0.2, 0.25) is 0 Å². The molecule has 4 rings (SSSR count). The average Bonchev–Trinajstić information content (AvgIpc) is 2.99. The number of carbonyl (C=O) groups is 1. The standard InChI is InChI=1S/C15H18N4O3/c20-13(17-7-1-2-8-17)10-18-15(21)19(11-5-6-11)14(16-18)12-4-3-9-22-12/h3-4,9,11H,1-2,5-8,10H2. The maximum atomic E-state index is 12.6. The van der Waals surface area contributed by atoms with E-state index in [1.165, 1.54) is 4.68 Å². The highest BCUT2D eigenvalue weighted by atomic mass is 16.3. The minimum atomic E-state index is -0.221. The fourth-order valence-electron chi connectivity index (χ4n) is 2.95. The minimum absolute atomic E-state index is 0.00621. The van der Waals surface area contributed by atoms with Crippen molar-refractivity contribution in [3.63, 3.8) is 0 Å². The second kappa shape index (κ2) is 5.15. The second-order valence-corrected chi connectivity index (χ2v) is 5.93. The molecule has 116 valence electrons. The van der Waals surface area contributed by atoms with Crippen molar-refractivity contribution in [1.29, 1.82) is 0 Å². The van der Waals surface area contributed by atoms with Gasteiger partial charge in [-0.15, -0.1) is 5.10 Å². The lowest BCUT2D eigenvalue weighted by Gasteiger charge is -2.14. The molecule has 1 saturated heterocycles. The first-order valence-corrected chi connectivity index (χ1v) is 7.75. The Morgan fingerprint density at radius 1 is 1.32 bits per heavy atom. The third-order valence-corrected chi connectivity index (χ3v) is 4.27. The summed E-state index contributed by atoms with van der Waals surface area (Å²) in [5.74, 6) is 1.05. The van der Waals surface area contributed by atoms with Crippen molar-refractivity contribution in [3.05, 3.63) is 28.9 Å². The van der Waals surface area contributed by atoms with Gasteiger partial charge < -0.3 is 9.32 Å². The summed E-state index contributed by atoms with van der Waals surface area (Å²) in [6, 6.07) is 3.74. The molecule has 2 aliphatic rings. The number of rotatable bonds is 4. The topological polar surface area (TPSA) is 73.3 Å². The molecule has 2 aromatic rings. The van der Waals surface area contributed by atoms with Crippen LogP contribution in [-0.2, 0) is 11.3 Å². The Hall–Kier alpha value is -2.31. The van der Waals surface area contributed by atoms with Crippen LogP contribution in [0, 0.1) is 0 Å². The van der Waals surface area contributed by atoms with Crippen molar-refractivity contribution < 1.29 is 9.21 Å². The van der Waals surface area contributed by atoms with Gasteiger partial charge in [0.1, 0.15) is 6.54 Å². The predicted molar refractivity (Wildman–Crippen MR) is 78.3 cm³/mol. The Kier molecular flexibility index (Phi) is 3.13. The molecule has 7 heteroatoms. The molecule has 0 spiro atoms. The van der Waals surface area contributed by atoms with Crippen LogP contribution in [0.3, 0.4) is 0 Å². The molecule has 3 heterocycles. The monoisotopic (exact) mass is 302 g/mol. The molecule has 1 aliphatic carbocycles. The Morgan fingerprint density at radius 3 is 2.73 bits per heavy atom. The number of furan rings is 1. The summed E-state index contributed by atoms with van der Waals surface area (Å²) in [7, 11) is 0. The van der Waals surface area contributed by atoms with Crippen LogP contribution >= 0.6 is 0 Å². The number of likely N-dealkylation sites (tertiary alicyclic amines) is 1. The molecular weight excluding hydrogens is 284 g/mol. The van der Waals surface area contributed by atoms with Gasteiger partial charge in [-0.25, -0.2) is 9.48 Å². The molecule has 0 atom stereocenters. The molecule has 0 radical (unpaired) electrons. The van der Waals surface area contributed by atoms with Crippen LogP contribution in [0.15, 0.2) is 27.6 Å². The summed E-state index contributed by atoms with van der Waals surface area (Å²) >= 11 is 0. The molecule has 2 fully saturated rings. The highest BCUT2D eigenvalue weighted by molar-refractivity contribution is 5.76. The number of carbonyl (C=O) groups excluding carboxylic acids is 1. The SMILES string of the molecule is O=C(Cn1nc(-c2ccco2)n(C2CC2)c1=O)N1CCCC1. The van der Waals surface area contributed by atoms with E-state index in [0.29, 0.717) is 11.6 Å². The van der Waals surface area contributed by atoms with Crippen LogP contribution < -0.4 is 5.69 Å². The summed E-state index contributed by atoms with van der Waals surface area (Å²) in [6.45, 7) is 1.57. The second-order valence-electron chi connectivity index (χ2n) is 5.93. The van der Waals surface area contributed by atoms with Crippen molar-refractivity contribution in [2.45, 2.75) is 38.3 Å². The molecule has 22 heavy (non-hydrogen) atoms. The Labute approximate surface area is 127 Å². The molecule has 0 aromatic carbocycles. The highest BCUT2D eigenvalue weighted by Crippen LogP contribution is 2.36. The summed E-state index contributed by atoms with van der Waals surface area (Å²) in [6.07, 6.45) is 5.58. The van der Waals surface area contributed by atoms with Gasteiger partial charge in [-0.1, -0.05) is 0 Å². The van der Waals surface area contributed by atoms with E-state index in [0.717, 1.165) is 38.8 Å². The number of amides is 1. The smallest absolute Gasteiger partial charge is 0.347 e. The Bertz CT molecular complexity index is 733. The summed E-state index contributed by atoms with van der Waals surface area (Å²) in [4.78, 5) is 26.6. The summed E-state index contributed by atoms with van der Waals surface area (Å²) in [5.41, 5.74) is -0.221. The zero-order valence-corrected chi connectivity index (χ0v) is 12.3. The Morgan fingerprint density at radius 2 is 2.09 bits per heavy atom. The largest absolute Gasteiger partial charge is 0.461 e. The average molecular weight is 302 g/mol. The van der Waals surface area contributed by atoms with E-state index in [9.17, 15) is 9.59 Å². The van der Waals surface area contributed by atoms with Gasteiger partial charge in [-0.3, -0.25) is 9.36 Å². The highest BCUT2D eigenvalue weighted by Gasteiger charge is 2.32. The molecule has 0 unspecified atom stereocenters. The summed E-state index contributed by atoms with van der Waals surface area (Å²) < 4.78 is 8.32. The third kappa shape index (κ3) is 2.26. The van der Waals surface area contributed by atoms with Gasteiger partial charge in [0.2, 0.25) is 11.7 Å². The van der Waals surface area contributed by atoms with Crippen LogP contribution in [0.25, 0.3) is 11.6 Å². The van der Waals surface area contributed by atoms with Crippen LogP contribution in [0.4, 0.5) is 0 Å². The van der Waals surface area contributed by atoms with E-state index in [1.807, 2.05) is 0 Å². The zero-order valence-electron chi connectivity index (χ0n) is 12.3. The van der Waals surface area contributed by atoms with Gasteiger partial charge in [0.05, 0.1) is 6.26 Å². The van der Waals surface area contributed by atoms with Gasteiger partial charge in [0.25, 0.3) is 0 Å². The van der Waals surface area contributed by atoms with Crippen molar-refractivity contribution in [2.75, 3.05) is 13.1 Å². The first-order valence-electron chi connectivity index (χ1n) is 7.75. The van der Waals surface area contributed by atoms with Gasteiger partial charge in [-0.05, 0) is 37.8 Å². The predicted octanol–water partition coefficient (Wildman–Crippen LogP) is 1.26. The normalized spacial score (nSPS) is 18.1. The third-order valence-electron chi connectivity index (χ3n) is 4.27.